The molecule has 1 aliphatic rings. The number of carbonyl (C=O) groups excluding carboxylic acids is 2. The summed E-state index contributed by atoms with van der Waals surface area (Å²) in [6, 6.07) is 13.1. The first-order chi connectivity index (χ1) is 17.9. The van der Waals surface area contributed by atoms with Gasteiger partial charge in [0.2, 0.25) is 10.0 Å². The second-order valence-corrected chi connectivity index (χ2v) is 11.5. The number of ether oxygens (including phenoxy) is 1. The fourth-order valence-corrected chi connectivity index (χ4v) is 5.59. The van der Waals surface area contributed by atoms with Gasteiger partial charge in [0.1, 0.15) is 5.92 Å². The standard InChI is InChI=1S/C26H32N4O7S/c1-18(2)37-25(31)23-19(3)27-26(32)29(24(23)21-12-8-13-22(16-21)30(33)34)15-9-14-28(4)38(35,36)17-20-10-6-5-7-11-20/h5-8,10-13,16,18,23-24H,9,14-15,17H2,1-4H3. The van der Waals surface area contributed by atoms with Crippen LogP contribution < -0.4 is 0 Å². The quantitative estimate of drug-likeness (QED) is 0.237. The lowest BCUT2D eigenvalue weighted by Gasteiger charge is -2.39. The predicted octanol–water partition coefficient (Wildman–Crippen LogP) is 3.95. The van der Waals surface area contributed by atoms with Crippen LogP contribution in [0.15, 0.2) is 59.6 Å². The molecule has 2 atom stereocenters. The Labute approximate surface area is 222 Å². The van der Waals surface area contributed by atoms with E-state index in [0.29, 0.717) is 11.1 Å². The molecule has 2 amide bonds. The van der Waals surface area contributed by atoms with Crippen molar-refractivity contribution in [1.29, 1.82) is 0 Å². The van der Waals surface area contributed by atoms with Crippen molar-refractivity contribution in [2.24, 2.45) is 10.9 Å². The Hall–Kier alpha value is -3.64. The monoisotopic (exact) mass is 544 g/mol. The number of benzene rings is 2. The van der Waals surface area contributed by atoms with Crippen molar-refractivity contribution in [1.82, 2.24) is 9.21 Å². The number of sulfonamides is 1. The van der Waals surface area contributed by atoms with Crippen LogP contribution in [0.1, 0.15) is 44.4 Å². The molecule has 0 radical (unpaired) electrons. The molecule has 12 heteroatoms. The largest absolute Gasteiger partial charge is 0.462 e. The molecule has 11 nitrogen and oxygen atoms in total. The highest BCUT2D eigenvalue weighted by molar-refractivity contribution is 7.88. The third-order valence-corrected chi connectivity index (χ3v) is 8.02. The Morgan fingerprint density at radius 3 is 2.50 bits per heavy atom. The first-order valence-electron chi connectivity index (χ1n) is 12.2. The summed E-state index contributed by atoms with van der Waals surface area (Å²) < 4.78 is 32.3. The van der Waals surface area contributed by atoms with Gasteiger partial charge in [0.05, 0.1) is 22.8 Å². The lowest BCUT2D eigenvalue weighted by molar-refractivity contribution is -0.385. The first-order valence-corrected chi connectivity index (χ1v) is 13.8. The van der Waals surface area contributed by atoms with Gasteiger partial charge >= 0.3 is 12.0 Å². The second kappa shape index (κ2) is 12.3. The predicted molar refractivity (Wildman–Crippen MR) is 142 cm³/mol. The van der Waals surface area contributed by atoms with Crippen molar-refractivity contribution in [3.63, 3.8) is 0 Å². The van der Waals surface area contributed by atoms with E-state index in [1.807, 2.05) is 6.07 Å². The van der Waals surface area contributed by atoms with Crippen molar-refractivity contribution < 1.29 is 27.7 Å². The van der Waals surface area contributed by atoms with E-state index in [0.717, 1.165) is 0 Å². The van der Waals surface area contributed by atoms with E-state index in [1.54, 1.807) is 51.1 Å². The Kier molecular flexibility index (Phi) is 9.34. The molecule has 2 aromatic carbocycles. The maximum Gasteiger partial charge on any atom is 0.344 e. The Morgan fingerprint density at radius 2 is 1.87 bits per heavy atom. The van der Waals surface area contributed by atoms with Crippen LogP contribution in [0.3, 0.4) is 0 Å². The third kappa shape index (κ3) is 7.01. The van der Waals surface area contributed by atoms with E-state index >= 15 is 0 Å². The Morgan fingerprint density at radius 1 is 1.18 bits per heavy atom. The zero-order chi connectivity index (χ0) is 28.0. The minimum absolute atomic E-state index is 0.0691. The molecule has 0 saturated carbocycles. The summed E-state index contributed by atoms with van der Waals surface area (Å²) >= 11 is 0. The van der Waals surface area contributed by atoms with Crippen LogP contribution in [0.2, 0.25) is 0 Å². The summed E-state index contributed by atoms with van der Waals surface area (Å²) in [5.74, 6) is -1.73. The maximum absolute atomic E-state index is 13.1. The van der Waals surface area contributed by atoms with Crippen molar-refractivity contribution in [2.75, 3.05) is 20.1 Å². The number of nitro groups is 1. The summed E-state index contributed by atoms with van der Waals surface area (Å²) in [5.41, 5.74) is 1.11. The molecule has 0 fully saturated rings. The number of non-ortho nitro benzene ring substituents is 1. The van der Waals surface area contributed by atoms with Crippen molar-refractivity contribution in [3.8, 4) is 0 Å². The topological polar surface area (TPSA) is 139 Å². The van der Waals surface area contributed by atoms with E-state index in [2.05, 4.69) is 4.99 Å². The van der Waals surface area contributed by atoms with Gasteiger partial charge in [-0.25, -0.2) is 22.5 Å². The molecule has 3 rings (SSSR count). The van der Waals surface area contributed by atoms with Gasteiger partial charge in [-0.1, -0.05) is 42.5 Å². The van der Waals surface area contributed by atoms with Crippen molar-refractivity contribution in [2.45, 2.75) is 45.1 Å². The van der Waals surface area contributed by atoms with E-state index in [9.17, 15) is 28.1 Å². The number of esters is 1. The smallest absolute Gasteiger partial charge is 0.344 e. The van der Waals surface area contributed by atoms with Crippen LogP contribution in [0, 0.1) is 16.0 Å². The maximum atomic E-state index is 13.1. The fourth-order valence-electron chi connectivity index (χ4n) is 4.34. The van der Waals surface area contributed by atoms with Crippen LogP contribution in [-0.4, -0.2) is 66.5 Å². The summed E-state index contributed by atoms with van der Waals surface area (Å²) in [4.78, 5) is 42.4. The van der Waals surface area contributed by atoms with Gasteiger partial charge < -0.3 is 9.64 Å². The first kappa shape index (κ1) is 28.9. The molecule has 1 heterocycles. The van der Waals surface area contributed by atoms with Crippen molar-refractivity contribution >= 4 is 33.4 Å². The minimum atomic E-state index is -3.60. The van der Waals surface area contributed by atoms with Gasteiger partial charge in [-0.2, -0.15) is 0 Å². The second-order valence-electron chi connectivity index (χ2n) is 9.41. The normalized spacial score (nSPS) is 18.0. The number of carbonyl (C=O) groups is 2. The number of aliphatic imine (C=N–C) groups is 1. The van der Waals surface area contributed by atoms with Crippen LogP contribution >= 0.6 is 0 Å². The molecule has 0 saturated heterocycles. The molecule has 38 heavy (non-hydrogen) atoms. The van der Waals surface area contributed by atoms with Crippen LogP contribution in [0.5, 0.6) is 0 Å². The molecule has 204 valence electrons. The minimum Gasteiger partial charge on any atom is -0.462 e. The molecule has 2 aromatic rings. The molecule has 0 spiro atoms. The van der Waals surface area contributed by atoms with E-state index < -0.39 is 45.0 Å². The van der Waals surface area contributed by atoms with E-state index in [-0.39, 0.29) is 36.7 Å². The lowest BCUT2D eigenvalue weighted by Crippen LogP contribution is -2.48. The van der Waals surface area contributed by atoms with Gasteiger partial charge in [0, 0.05) is 38.0 Å². The van der Waals surface area contributed by atoms with Gasteiger partial charge in [0.15, 0.2) is 0 Å². The number of amides is 2. The zero-order valence-corrected chi connectivity index (χ0v) is 22.6. The highest BCUT2D eigenvalue weighted by Gasteiger charge is 2.43. The number of urea groups is 1. The Balaban J connectivity index is 1.86. The molecule has 0 aliphatic carbocycles. The average Bonchev–Trinajstić information content (AvgIpc) is 2.84. The number of rotatable bonds is 11. The molecule has 1 aliphatic heterocycles. The van der Waals surface area contributed by atoms with Gasteiger partial charge in [0.25, 0.3) is 5.69 Å². The summed E-state index contributed by atoms with van der Waals surface area (Å²) in [6.07, 6.45) is -0.169. The number of hydrogen-bond acceptors (Lipinski definition) is 7. The van der Waals surface area contributed by atoms with Gasteiger partial charge in [-0.05, 0) is 38.3 Å². The third-order valence-electron chi connectivity index (χ3n) is 6.19. The molecular formula is C26H32N4O7S. The number of nitro benzene ring substituents is 1. The SMILES string of the molecule is CC1=NC(=O)N(CCCN(C)S(=O)(=O)Cc2ccccc2)C(c2cccc([N+](=O)[O-])c2)C1C(=O)OC(C)C. The number of hydrogen-bond donors (Lipinski definition) is 0. The molecule has 0 aromatic heterocycles. The summed E-state index contributed by atoms with van der Waals surface area (Å²) in [6.45, 7) is 5.13. The highest BCUT2D eigenvalue weighted by atomic mass is 32.2. The van der Waals surface area contributed by atoms with E-state index in [1.165, 1.54) is 34.5 Å². The molecule has 0 N–H and O–H groups in total. The van der Waals surface area contributed by atoms with Crippen molar-refractivity contribution in [3.05, 3.63) is 75.8 Å². The lowest BCUT2D eigenvalue weighted by atomic mass is 9.86. The van der Waals surface area contributed by atoms with Crippen LogP contribution in [0.4, 0.5) is 10.5 Å². The highest BCUT2D eigenvalue weighted by Crippen LogP contribution is 2.36. The van der Waals surface area contributed by atoms with E-state index in [4.69, 9.17) is 4.74 Å². The molecular weight excluding hydrogens is 512 g/mol. The molecule has 0 bridgehead atoms. The van der Waals surface area contributed by atoms with Crippen LogP contribution in [-0.2, 0) is 25.3 Å². The average molecular weight is 545 g/mol. The Bertz CT molecular complexity index is 1310. The zero-order valence-electron chi connectivity index (χ0n) is 21.8. The number of nitrogens with zero attached hydrogens (tertiary/aromatic N) is 4. The summed E-state index contributed by atoms with van der Waals surface area (Å²) in [7, 11) is -2.13. The summed E-state index contributed by atoms with van der Waals surface area (Å²) in [5, 5.41) is 11.4. The van der Waals surface area contributed by atoms with Gasteiger partial charge in [-0.3, -0.25) is 14.9 Å². The van der Waals surface area contributed by atoms with Crippen LogP contribution in [0.25, 0.3) is 0 Å². The molecule has 2 unspecified atom stereocenters. The fraction of sp³-hybridized carbons (Fsp3) is 0.423. The van der Waals surface area contributed by atoms with Gasteiger partial charge in [-0.15, -0.1) is 0 Å².